The number of rotatable bonds is 5. The van der Waals surface area contributed by atoms with Crippen LogP contribution in [0.3, 0.4) is 0 Å². The second-order valence-electron chi connectivity index (χ2n) is 4.03. The molecule has 1 aliphatic carbocycles. The maximum atomic E-state index is 5.96. The lowest BCUT2D eigenvalue weighted by atomic mass is 10.1. The molecule has 1 aliphatic rings. The van der Waals surface area contributed by atoms with Gasteiger partial charge in [-0.3, -0.25) is 0 Å². The van der Waals surface area contributed by atoms with Crippen LogP contribution in [0.2, 0.25) is 5.04 Å². The van der Waals surface area contributed by atoms with Gasteiger partial charge in [-0.1, -0.05) is 0 Å². The highest BCUT2D eigenvalue weighted by molar-refractivity contribution is 6.65. The summed E-state index contributed by atoms with van der Waals surface area (Å²) in [4.78, 5) is 0. The van der Waals surface area contributed by atoms with Crippen LogP contribution < -0.4 is 11.5 Å². The predicted octanol–water partition coefficient (Wildman–Crippen LogP) is 0.0323. The van der Waals surface area contributed by atoms with Gasteiger partial charge in [-0.05, 0) is 19.8 Å². The Morgan fingerprint density at radius 2 is 1.43 bits per heavy atom. The average molecular weight is 220 g/mol. The first-order valence-electron chi connectivity index (χ1n) is 4.62. The van der Waals surface area contributed by atoms with Gasteiger partial charge in [-0.2, -0.15) is 0 Å². The second-order valence-corrected chi connectivity index (χ2v) is 7.33. The van der Waals surface area contributed by atoms with E-state index in [1.54, 1.807) is 28.3 Å². The summed E-state index contributed by atoms with van der Waals surface area (Å²) >= 11 is 0. The van der Waals surface area contributed by atoms with E-state index in [2.05, 4.69) is 0 Å². The molecular formula is C8H20N2O3Si. The zero-order valence-corrected chi connectivity index (χ0v) is 10.3. The van der Waals surface area contributed by atoms with Crippen molar-refractivity contribution >= 4 is 8.80 Å². The Hall–Kier alpha value is 0.0169. The Labute approximate surface area is 86.1 Å². The van der Waals surface area contributed by atoms with E-state index in [1.165, 1.54) is 0 Å². The molecule has 0 atom stereocenters. The molecule has 5 nitrogen and oxygen atoms in total. The highest BCUT2D eigenvalue weighted by Gasteiger charge is 2.73. The minimum Gasteiger partial charge on any atom is -0.376 e. The molecule has 0 aromatic heterocycles. The molecule has 0 aromatic carbocycles. The van der Waals surface area contributed by atoms with Gasteiger partial charge < -0.3 is 24.7 Å². The minimum absolute atomic E-state index is 0.321. The first kappa shape index (κ1) is 12.1. The largest absolute Gasteiger partial charge is 0.509 e. The molecule has 1 saturated carbocycles. The summed E-state index contributed by atoms with van der Waals surface area (Å²) in [5.41, 5.74) is 11.1. The Morgan fingerprint density at radius 1 is 1.07 bits per heavy atom. The van der Waals surface area contributed by atoms with E-state index in [1.807, 2.05) is 0 Å². The van der Waals surface area contributed by atoms with Crippen molar-refractivity contribution in [3.05, 3.63) is 0 Å². The summed E-state index contributed by atoms with van der Waals surface area (Å²) in [6.45, 7) is 1.79. The van der Waals surface area contributed by atoms with Gasteiger partial charge in [0.25, 0.3) is 0 Å². The first-order chi connectivity index (χ1) is 6.39. The van der Waals surface area contributed by atoms with Crippen molar-refractivity contribution in [1.29, 1.82) is 0 Å². The highest BCUT2D eigenvalue weighted by atomic mass is 28.4. The molecule has 0 radical (unpaired) electrons. The van der Waals surface area contributed by atoms with Crippen LogP contribution in [0.5, 0.6) is 0 Å². The van der Waals surface area contributed by atoms with Crippen LogP contribution in [0.25, 0.3) is 0 Å². The summed E-state index contributed by atoms with van der Waals surface area (Å²) in [6, 6.07) is 0. The molecule has 0 saturated heterocycles. The van der Waals surface area contributed by atoms with Gasteiger partial charge in [-0.15, -0.1) is 0 Å². The average Bonchev–Trinajstić information content (AvgIpc) is 2.89. The monoisotopic (exact) mass is 220 g/mol. The summed E-state index contributed by atoms with van der Waals surface area (Å²) < 4.78 is 16.3. The van der Waals surface area contributed by atoms with Crippen LogP contribution >= 0.6 is 0 Å². The lowest BCUT2D eigenvalue weighted by molar-refractivity contribution is 0.0933. The maximum Gasteiger partial charge on any atom is 0.509 e. The van der Waals surface area contributed by atoms with Crippen LogP contribution in [0, 0.1) is 0 Å². The molecule has 0 unspecified atom stereocenters. The number of hydrogen-bond donors (Lipinski definition) is 2. The van der Waals surface area contributed by atoms with Gasteiger partial charge in [0.1, 0.15) is 0 Å². The summed E-state index contributed by atoms with van der Waals surface area (Å²) in [7, 11) is 2.05. The topological polar surface area (TPSA) is 79.7 Å². The van der Waals surface area contributed by atoms with Crippen molar-refractivity contribution in [2.24, 2.45) is 11.5 Å². The van der Waals surface area contributed by atoms with Gasteiger partial charge in [0.2, 0.25) is 0 Å². The van der Waals surface area contributed by atoms with Crippen molar-refractivity contribution in [2.45, 2.75) is 30.5 Å². The third-order valence-electron chi connectivity index (χ3n) is 3.17. The third-order valence-corrected chi connectivity index (χ3v) is 7.00. The molecule has 0 amide bonds. The second kappa shape index (κ2) is 3.55. The lowest BCUT2D eigenvalue weighted by Crippen LogP contribution is -2.64. The molecule has 6 heteroatoms. The molecule has 0 aromatic rings. The zero-order valence-electron chi connectivity index (χ0n) is 9.29. The molecule has 84 valence electrons. The van der Waals surface area contributed by atoms with Crippen LogP contribution in [-0.2, 0) is 13.3 Å². The van der Waals surface area contributed by atoms with Crippen molar-refractivity contribution < 1.29 is 13.3 Å². The van der Waals surface area contributed by atoms with E-state index in [-0.39, 0.29) is 5.04 Å². The van der Waals surface area contributed by atoms with Crippen LogP contribution in [-0.4, -0.2) is 35.8 Å². The van der Waals surface area contributed by atoms with Gasteiger partial charge in [-0.25, -0.2) is 0 Å². The van der Waals surface area contributed by atoms with Crippen LogP contribution in [0.15, 0.2) is 0 Å². The first-order valence-corrected chi connectivity index (χ1v) is 6.35. The Morgan fingerprint density at radius 3 is 1.50 bits per heavy atom. The number of nitrogens with two attached hydrogens (primary N) is 2. The molecule has 4 N–H and O–H groups in total. The molecule has 14 heavy (non-hydrogen) atoms. The third kappa shape index (κ3) is 1.42. The van der Waals surface area contributed by atoms with E-state index < -0.39 is 14.5 Å². The molecule has 1 rings (SSSR count). The van der Waals surface area contributed by atoms with Gasteiger partial charge in [0, 0.05) is 21.3 Å². The molecule has 0 aliphatic heterocycles. The number of hydrogen-bond acceptors (Lipinski definition) is 5. The Balaban J connectivity index is 3.00. The summed E-state index contributed by atoms with van der Waals surface area (Å²) in [5.74, 6) is 0. The van der Waals surface area contributed by atoms with Crippen molar-refractivity contribution in [2.75, 3.05) is 21.3 Å². The lowest BCUT2D eigenvalue weighted by Gasteiger charge is -2.40. The standard InChI is InChI=1S/C8H20N2O3Si/c1-7(9,10)8(5-6-8)14(11-2,12-3)13-4/h5-6,9-10H2,1-4H3. The smallest absolute Gasteiger partial charge is 0.376 e. The molecule has 0 heterocycles. The van der Waals surface area contributed by atoms with E-state index in [4.69, 9.17) is 24.7 Å². The van der Waals surface area contributed by atoms with E-state index in [0.717, 1.165) is 12.8 Å². The molecule has 0 bridgehead atoms. The fourth-order valence-corrected chi connectivity index (χ4v) is 5.21. The molecular weight excluding hydrogens is 200 g/mol. The quantitative estimate of drug-likeness (QED) is 0.505. The predicted molar refractivity (Wildman–Crippen MR) is 55.5 cm³/mol. The van der Waals surface area contributed by atoms with Crippen LogP contribution in [0.4, 0.5) is 0 Å². The van der Waals surface area contributed by atoms with E-state index in [9.17, 15) is 0 Å². The zero-order chi connectivity index (χ0) is 11.0. The van der Waals surface area contributed by atoms with Crippen molar-refractivity contribution in [3.63, 3.8) is 0 Å². The van der Waals surface area contributed by atoms with E-state index in [0.29, 0.717) is 0 Å². The SMILES string of the molecule is CO[Si](OC)(OC)C1(C(C)(N)N)CC1. The highest BCUT2D eigenvalue weighted by Crippen LogP contribution is 2.65. The normalized spacial score (nSPS) is 21.0. The van der Waals surface area contributed by atoms with Gasteiger partial charge >= 0.3 is 8.80 Å². The van der Waals surface area contributed by atoms with Gasteiger partial charge in [0.15, 0.2) is 0 Å². The fraction of sp³-hybridized carbons (Fsp3) is 1.00. The molecule has 0 spiro atoms. The van der Waals surface area contributed by atoms with Crippen molar-refractivity contribution in [3.8, 4) is 0 Å². The Kier molecular flexibility index (Phi) is 3.06. The molecule has 1 fully saturated rings. The maximum absolute atomic E-state index is 5.96. The van der Waals surface area contributed by atoms with E-state index >= 15 is 0 Å². The van der Waals surface area contributed by atoms with Crippen molar-refractivity contribution in [1.82, 2.24) is 0 Å². The minimum atomic E-state index is -2.72. The summed E-state index contributed by atoms with van der Waals surface area (Å²) in [5, 5.41) is -0.321. The fourth-order valence-electron chi connectivity index (χ4n) is 2.14. The van der Waals surface area contributed by atoms with Gasteiger partial charge in [0.05, 0.1) is 10.7 Å². The van der Waals surface area contributed by atoms with Crippen LogP contribution in [0.1, 0.15) is 19.8 Å². The Bertz CT molecular complexity index is 201. The summed E-state index contributed by atoms with van der Waals surface area (Å²) in [6.07, 6.45) is 1.80.